The lowest BCUT2D eigenvalue weighted by Gasteiger charge is -2.09. The molecule has 0 aliphatic rings. The molecule has 0 saturated carbocycles. The van der Waals surface area contributed by atoms with Gasteiger partial charge < -0.3 is 29.4 Å². The van der Waals surface area contributed by atoms with Gasteiger partial charge in [-0.25, -0.2) is 0 Å². The minimum atomic E-state index is -0.141. The normalized spacial score (nSPS) is 10.8. The maximum absolute atomic E-state index is 11.5. The third kappa shape index (κ3) is 14.8. The van der Waals surface area contributed by atoms with E-state index in [0.717, 1.165) is 12.8 Å². The van der Waals surface area contributed by atoms with Crippen molar-refractivity contribution in [3.8, 4) is 5.75 Å². The van der Waals surface area contributed by atoms with Crippen molar-refractivity contribution in [1.82, 2.24) is 0 Å². The Morgan fingerprint density at radius 2 is 1.38 bits per heavy atom. The molecule has 1 aromatic rings. The zero-order valence-corrected chi connectivity index (χ0v) is 17.7. The molecule has 0 unspecified atom stereocenters. The summed E-state index contributed by atoms with van der Waals surface area (Å²) >= 11 is 0. The minimum Gasteiger partial charge on any atom is -0.489 e. The van der Waals surface area contributed by atoms with Gasteiger partial charge in [-0.1, -0.05) is 44.7 Å². The van der Waals surface area contributed by atoms with Crippen molar-refractivity contribution in [1.29, 1.82) is 0 Å². The van der Waals surface area contributed by atoms with Crippen LogP contribution in [0.1, 0.15) is 45.4 Å². The van der Waals surface area contributed by atoms with Crippen LogP contribution >= 0.6 is 0 Å². The van der Waals surface area contributed by atoms with Gasteiger partial charge >= 0.3 is 5.97 Å². The lowest BCUT2D eigenvalue weighted by Crippen LogP contribution is -2.15. The largest absolute Gasteiger partial charge is 0.489 e. The number of carbonyl (C=O) groups is 1. The Balaban J connectivity index is 1.78. The first kappa shape index (κ1) is 25.2. The lowest BCUT2D eigenvalue weighted by atomic mass is 10.1. The Hall–Kier alpha value is -1.83. The van der Waals surface area contributed by atoms with Gasteiger partial charge in [0.05, 0.1) is 45.3 Å². The molecule has 0 aliphatic heterocycles. The highest BCUT2D eigenvalue weighted by atomic mass is 16.6. The van der Waals surface area contributed by atoms with Crippen LogP contribution in [0, 0.1) is 0 Å². The summed E-state index contributed by atoms with van der Waals surface area (Å²) in [6.07, 6.45) is 6.12. The number of carbonyl (C=O) groups excluding carboxylic acids is 1. The van der Waals surface area contributed by atoms with E-state index in [0.29, 0.717) is 70.7 Å². The number of benzene rings is 1. The second-order valence-corrected chi connectivity index (χ2v) is 6.61. The predicted octanol–water partition coefficient (Wildman–Crippen LogP) is 3.60. The summed E-state index contributed by atoms with van der Waals surface area (Å²) in [5, 5.41) is 0. The molecule has 7 nitrogen and oxygen atoms in total. The van der Waals surface area contributed by atoms with E-state index in [2.05, 4.69) is 6.92 Å². The quantitative estimate of drug-likeness (QED) is 0.211. The standard InChI is InChI=1S/C22H37NO6/c1-2-3-4-5-6-11-22(24)29-19-17-27-15-13-25-12-14-26-16-18-28-21-10-8-7-9-20(21)23/h7-10H,2-6,11-19,23H2,1H3. The summed E-state index contributed by atoms with van der Waals surface area (Å²) in [6, 6.07) is 7.37. The molecule has 0 spiro atoms. The number of ether oxygens (including phenoxy) is 5. The molecule has 0 heterocycles. The minimum absolute atomic E-state index is 0.141. The number of para-hydroxylation sites is 2. The summed E-state index contributed by atoms with van der Waals surface area (Å²) in [7, 11) is 0. The van der Waals surface area contributed by atoms with Crippen molar-refractivity contribution < 1.29 is 28.5 Å². The summed E-state index contributed by atoms with van der Waals surface area (Å²) in [5.74, 6) is 0.527. The fourth-order valence-corrected chi connectivity index (χ4v) is 2.52. The molecule has 0 aliphatic carbocycles. The number of esters is 1. The monoisotopic (exact) mass is 411 g/mol. The van der Waals surface area contributed by atoms with Crippen molar-refractivity contribution in [2.75, 3.05) is 58.6 Å². The molecule has 0 atom stereocenters. The maximum Gasteiger partial charge on any atom is 0.305 e. The first-order valence-electron chi connectivity index (χ1n) is 10.6. The summed E-state index contributed by atoms with van der Waals surface area (Å²) in [6.45, 7) is 5.69. The molecule has 0 amide bonds. The molecule has 7 heteroatoms. The van der Waals surface area contributed by atoms with Gasteiger partial charge in [-0.15, -0.1) is 0 Å². The highest BCUT2D eigenvalue weighted by Gasteiger charge is 2.02. The summed E-state index contributed by atoms with van der Waals surface area (Å²) < 4.78 is 26.9. The maximum atomic E-state index is 11.5. The smallest absolute Gasteiger partial charge is 0.305 e. The van der Waals surface area contributed by atoms with Gasteiger partial charge in [0.1, 0.15) is 19.0 Å². The van der Waals surface area contributed by atoms with Crippen LogP contribution in [0.15, 0.2) is 24.3 Å². The van der Waals surface area contributed by atoms with E-state index in [9.17, 15) is 4.79 Å². The number of hydrogen-bond donors (Lipinski definition) is 1. The Kier molecular flexibility index (Phi) is 15.8. The molecule has 0 aromatic heterocycles. The van der Waals surface area contributed by atoms with Crippen molar-refractivity contribution in [3.05, 3.63) is 24.3 Å². The van der Waals surface area contributed by atoms with Crippen LogP contribution in [0.3, 0.4) is 0 Å². The van der Waals surface area contributed by atoms with E-state index >= 15 is 0 Å². The zero-order valence-electron chi connectivity index (χ0n) is 17.7. The lowest BCUT2D eigenvalue weighted by molar-refractivity contribution is -0.145. The molecular formula is C22H37NO6. The van der Waals surface area contributed by atoms with E-state index in [-0.39, 0.29) is 5.97 Å². The van der Waals surface area contributed by atoms with Crippen molar-refractivity contribution >= 4 is 11.7 Å². The van der Waals surface area contributed by atoms with E-state index in [4.69, 9.17) is 29.4 Å². The van der Waals surface area contributed by atoms with E-state index < -0.39 is 0 Å². The first-order valence-corrected chi connectivity index (χ1v) is 10.6. The third-order valence-corrected chi connectivity index (χ3v) is 4.12. The Morgan fingerprint density at radius 1 is 0.793 bits per heavy atom. The number of nitrogens with two attached hydrogens (primary N) is 1. The van der Waals surface area contributed by atoms with Crippen LogP contribution in [-0.2, 0) is 23.7 Å². The van der Waals surface area contributed by atoms with E-state index in [1.54, 1.807) is 6.07 Å². The van der Waals surface area contributed by atoms with Crippen LogP contribution in [0.4, 0.5) is 5.69 Å². The number of rotatable bonds is 19. The van der Waals surface area contributed by atoms with Gasteiger partial charge in [-0.3, -0.25) is 4.79 Å². The van der Waals surface area contributed by atoms with Crippen LogP contribution in [0.5, 0.6) is 5.75 Å². The average Bonchev–Trinajstić information content (AvgIpc) is 2.72. The van der Waals surface area contributed by atoms with Gasteiger partial charge in [0.25, 0.3) is 0 Å². The molecule has 0 radical (unpaired) electrons. The second-order valence-electron chi connectivity index (χ2n) is 6.61. The third-order valence-electron chi connectivity index (χ3n) is 4.12. The Morgan fingerprint density at radius 3 is 2.03 bits per heavy atom. The van der Waals surface area contributed by atoms with Gasteiger partial charge in [0, 0.05) is 6.42 Å². The van der Waals surface area contributed by atoms with Gasteiger partial charge in [0.15, 0.2) is 0 Å². The van der Waals surface area contributed by atoms with Crippen LogP contribution in [0.2, 0.25) is 0 Å². The van der Waals surface area contributed by atoms with Gasteiger partial charge in [0.2, 0.25) is 0 Å². The second kappa shape index (κ2) is 18.2. The SMILES string of the molecule is CCCCCCCC(=O)OCCOCCOCCOCCOc1ccccc1N. The summed E-state index contributed by atoms with van der Waals surface area (Å²) in [5.41, 5.74) is 6.40. The fraction of sp³-hybridized carbons (Fsp3) is 0.682. The van der Waals surface area contributed by atoms with E-state index in [1.165, 1.54) is 19.3 Å². The van der Waals surface area contributed by atoms with Gasteiger partial charge in [-0.05, 0) is 18.6 Å². The van der Waals surface area contributed by atoms with Crippen LogP contribution in [0.25, 0.3) is 0 Å². The van der Waals surface area contributed by atoms with Crippen molar-refractivity contribution in [2.45, 2.75) is 45.4 Å². The Labute approximate surface area is 174 Å². The molecular weight excluding hydrogens is 374 g/mol. The number of hydrogen-bond acceptors (Lipinski definition) is 7. The topological polar surface area (TPSA) is 89.2 Å². The number of unbranched alkanes of at least 4 members (excludes halogenated alkanes) is 4. The molecule has 1 aromatic carbocycles. The van der Waals surface area contributed by atoms with Crippen LogP contribution in [-0.4, -0.2) is 58.8 Å². The first-order chi connectivity index (χ1) is 14.2. The van der Waals surface area contributed by atoms with Crippen molar-refractivity contribution in [3.63, 3.8) is 0 Å². The fourth-order valence-electron chi connectivity index (χ4n) is 2.52. The molecule has 0 fully saturated rings. The van der Waals surface area contributed by atoms with Crippen LogP contribution < -0.4 is 10.5 Å². The van der Waals surface area contributed by atoms with Crippen molar-refractivity contribution in [2.24, 2.45) is 0 Å². The van der Waals surface area contributed by atoms with E-state index in [1.807, 2.05) is 18.2 Å². The molecule has 2 N–H and O–H groups in total. The highest BCUT2D eigenvalue weighted by molar-refractivity contribution is 5.69. The molecule has 166 valence electrons. The summed E-state index contributed by atoms with van der Waals surface area (Å²) in [4.78, 5) is 11.5. The van der Waals surface area contributed by atoms with Gasteiger partial charge in [-0.2, -0.15) is 0 Å². The number of anilines is 1. The zero-order chi connectivity index (χ0) is 21.0. The average molecular weight is 412 g/mol. The number of nitrogen functional groups attached to an aromatic ring is 1. The molecule has 29 heavy (non-hydrogen) atoms. The molecule has 0 saturated heterocycles. The molecule has 0 bridgehead atoms. The predicted molar refractivity (Wildman–Crippen MR) is 113 cm³/mol. The Bertz CT molecular complexity index is 526. The molecule has 1 rings (SSSR count). The highest BCUT2D eigenvalue weighted by Crippen LogP contribution is 2.19.